The van der Waals surface area contributed by atoms with Crippen molar-refractivity contribution in [3.63, 3.8) is 0 Å². The Morgan fingerprint density at radius 3 is 2.83 bits per heavy atom. The van der Waals surface area contributed by atoms with Crippen LogP contribution >= 0.6 is 0 Å². The summed E-state index contributed by atoms with van der Waals surface area (Å²) in [6, 6.07) is 7.85. The minimum atomic E-state index is -0.114. The van der Waals surface area contributed by atoms with Crippen LogP contribution in [0.4, 0.5) is 4.79 Å². The molecule has 2 amide bonds. The summed E-state index contributed by atoms with van der Waals surface area (Å²) < 4.78 is 5.31. The van der Waals surface area contributed by atoms with E-state index in [0.717, 1.165) is 17.5 Å². The second-order valence-electron chi connectivity index (χ2n) is 5.83. The average molecular weight is 316 g/mol. The third kappa shape index (κ3) is 4.55. The third-order valence-electron chi connectivity index (χ3n) is 3.46. The molecule has 0 spiro atoms. The van der Waals surface area contributed by atoms with E-state index in [2.05, 4.69) is 15.5 Å². The largest absolute Gasteiger partial charge is 0.338 e. The highest BCUT2D eigenvalue weighted by Gasteiger charge is 2.20. The first-order valence-electron chi connectivity index (χ1n) is 7.95. The van der Waals surface area contributed by atoms with Gasteiger partial charge < -0.3 is 14.7 Å². The molecule has 0 saturated carbocycles. The van der Waals surface area contributed by atoms with Crippen LogP contribution in [0, 0.1) is 6.92 Å². The highest BCUT2D eigenvalue weighted by atomic mass is 16.5. The van der Waals surface area contributed by atoms with Crippen molar-refractivity contribution < 1.29 is 9.32 Å². The Kier molecular flexibility index (Phi) is 5.73. The molecule has 1 heterocycles. The number of nitrogens with zero attached hydrogens (tertiary/aromatic N) is 3. The third-order valence-corrected chi connectivity index (χ3v) is 3.46. The molecule has 6 heteroatoms. The molecule has 1 N–H and O–H groups in total. The lowest BCUT2D eigenvalue weighted by molar-refractivity contribution is 0.169. The lowest BCUT2D eigenvalue weighted by Gasteiger charge is -2.25. The number of rotatable bonds is 6. The average Bonchev–Trinajstić information content (AvgIpc) is 2.98. The normalized spacial score (nSPS) is 10.8. The van der Waals surface area contributed by atoms with Crippen LogP contribution < -0.4 is 5.32 Å². The maximum Gasteiger partial charge on any atom is 0.318 e. The maximum atomic E-state index is 12.2. The highest BCUT2D eigenvalue weighted by molar-refractivity contribution is 5.74. The topological polar surface area (TPSA) is 71.3 Å². The molecule has 0 unspecified atom stereocenters. The van der Waals surface area contributed by atoms with Gasteiger partial charge in [0.05, 0.1) is 0 Å². The Morgan fingerprint density at radius 1 is 1.39 bits per heavy atom. The number of benzene rings is 1. The molecule has 0 aliphatic heterocycles. The molecule has 23 heavy (non-hydrogen) atoms. The van der Waals surface area contributed by atoms with Crippen molar-refractivity contribution in [1.82, 2.24) is 20.4 Å². The molecule has 124 valence electrons. The van der Waals surface area contributed by atoms with Crippen LogP contribution in [0.25, 0.3) is 11.4 Å². The quantitative estimate of drug-likeness (QED) is 0.887. The molecule has 0 aliphatic rings. The molecular weight excluding hydrogens is 292 g/mol. The van der Waals surface area contributed by atoms with Crippen molar-refractivity contribution in [1.29, 1.82) is 0 Å². The molecular formula is C17H24N4O2. The summed E-state index contributed by atoms with van der Waals surface area (Å²) in [7, 11) is 0. The number of urea groups is 1. The van der Waals surface area contributed by atoms with Crippen molar-refractivity contribution in [3.05, 3.63) is 35.7 Å². The van der Waals surface area contributed by atoms with Crippen LogP contribution in [-0.2, 0) is 6.54 Å². The van der Waals surface area contributed by atoms with Crippen molar-refractivity contribution in [2.45, 2.75) is 46.7 Å². The second kappa shape index (κ2) is 7.76. The Hall–Kier alpha value is -2.37. The summed E-state index contributed by atoms with van der Waals surface area (Å²) in [4.78, 5) is 18.3. The highest BCUT2D eigenvalue weighted by Crippen LogP contribution is 2.18. The van der Waals surface area contributed by atoms with Gasteiger partial charge in [-0.2, -0.15) is 4.98 Å². The second-order valence-corrected chi connectivity index (χ2v) is 5.83. The standard InChI is InChI=1S/C17H24N4O2/c1-5-9-18-17(22)21(12(2)3)11-15-19-16(20-23-15)14-8-6-7-13(4)10-14/h6-8,10,12H,5,9,11H2,1-4H3,(H,18,22). The van der Waals surface area contributed by atoms with E-state index in [4.69, 9.17) is 4.52 Å². The first-order chi connectivity index (χ1) is 11.0. The van der Waals surface area contributed by atoms with Crippen molar-refractivity contribution >= 4 is 6.03 Å². The van der Waals surface area contributed by atoms with Gasteiger partial charge >= 0.3 is 6.03 Å². The molecule has 0 bridgehead atoms. The van der Waals surface area contributed by atoms with Gasteiger partial charge in [-0.15, -0.1) is 0 Å². The molecule has 0 aliphatic carbocycles. The zero-order chi connectivity index (χ0) is 16.8. The monoisotopic (exact) mass is 316 g/mol. The van der Waals surface area contributed by atoms with Crippen LogP contribution in [-0.4, -0.2) is 33.7 Å². The first-order valence-corrected chi connectivity index (χ1v) is 7.95. The van der Waals surface area contributed by atoms with E-state index in [0.29, 0.717) is 24.8 Å². The Balaban J connectivity index is 2.11. The zero-order valence-corrected chi connectivity index (χ0v) is 14.2. The number of carbonyl (C=O) groups is 1. The van der Waals surface area contributed by atoms with Gasteiger partial charge in [0.25, 0.3) is 0 Å². The Morgan fingerprint density at radius 2 is 2.17 bits per heavy atom. The Labute approximate surface area is 136 Å². The van der Waals surface area contributed by atoms with Crippen LogP contribution in [0.1, 0.15) is 38.6 Å². The minimum Gasteiger partial charge on any atom is -0.338 e. The number of amides is 2. The molecule has 0 saturated heterocycles. The number of hydrogen-bond acceptors (Lipinski definition) is 4. The zero-order valence-electron chi connectivity index (χ0n) is 14.2. The summed E-state index contributed by atoms with van der Waals surface area (Å²) in [6.45, 7) is 8.91. The van der Waals surface area contributed by atoms with Gasteiger partial charge in [-0.3, -0.25) is 0 Å². The van der Waals surface area contributed by atoms with Gasteiger partial charge in [0, 0.05) is 18.2 Å². The smallest absolute Gasteiger partial charge is 0.318 e. The van der Waals surface area contributed by atoms with Gasteiger partial charge in [0.2, 0.25) is 11.7 Å². The summed E-state index contributed by atoms with van der Waals surface area (Å²) in [5, 5.41) is 6.89. The van der Waals surface area contributed by atoms with Gasteiger partial charge in [0.15, 0.2) is 0 Å². The minimum absolute atomic E-state index is 0.0428. The van der Waals surface area contributed by atoms with Gasteiger partial charge in [-0.05, 0) is 33.3 Å². The molecule has 6 nitrogen and oxygen atoms in total. The first kappa shape index (κ1) is 17.0. The molecule has 2 aromatic rings. The number of hydrogen-bond donors (Lipinski definition) is 1. The van der Waals surface area contributed by atoms with Crippen LogP contribution in [0.3, 0.4) is 0 Å². The predicted octanol–water partition coefficient (Wildman–Crippen LogP) is 3.38. The molecule has 1 aromatic heterocycles. The van der Waals surface area contributed by atoms with Gasteiger partial charge in [-0.25, -0.2) is 4.79 Å². The fourth-order valence-electron chi connectivity index (χ4n) is 2.19. The summed E-state index contributed by atoms with van der Waals surface area (Å²) in [6.07, 6.45) is 0.899. The van der Waals surface area contributed by atoms with Crippen LogP contribution in [0.2, 0.25) is 0 Å². The van der Waals surface area contributed by atoms with Crippen LogP contribution in [0.5, 0.6) is 0 Å². The van der Waals surface area contributed by atoms with Crippen LogP contribution in [0.15, 0.2) is 28.8 Å². The number of nitrogens with one attached hydrogen (secondary N) is 1. The summed E-state index contributed by atoms with van der Waals surface area (Å²) >= 11 is 0. The number of carbonyl (C=O) groups excluding carboxylic acids is 1. The van der Waals surface area contributed by atoms with E-state index < -0.39 is 0 Å². The van der Waals surface area contributed by atoms with E-state index in [9.17, 15) is 4.79 Å². The lowest BCUT2D eigenvalue weighted by Crippen LogP contribution is -2.43. The fraction of sp³-hybridized carbons (Fsp3) is 0.471. The SMILES string of the molecule is CCCNC(=O)N(Cc1nc(-c2cccc(C)c2)no1)C(C)C. The molecule has 0 fully saturated rings. The molecule has 1 aromatic carbocycles. The summed E-state index contributed by atoms with van der Waals surface area (Å²) in [5.74, 6) is 0.975. The van der Waals surface area contributed by atoms with E-state index in [1.807, 2.05) is 52.0 Å². The fourth-order valence-corrected chi connectivity index (χ4v) is 2.19. The van der Waals surface area contributed by atoms with Crippen molar-refractivity contribution in [2.75, 3.05) is 6.54 Å². The maximum absolute atomic E-state index is 12.2. The number of aryl methyl sites for hydroxylation is 1. The molecule has 0 radical (unpaired) electrons. The predicted molar refractivity (Wildman–Crippen MR) is 88.8 cm³/mol. The van der Waals surface area contributed by atoms with Gasteiger partial charge in [0.1, 0.15) is 6.54 Å². The number of aromatic nitrogens is 2. The van der Waals surface area contributed by atoms with E-state index >= 15 is 0 Å². The van der Waals surface area contributed by atoms with Gasteiger partial charge in [-0.1, -0.05) is 35.8 Å². The van der Waals surface area contributed by atoms with Crippen molar-refractivity contribution in [3.8, 4) is 11.4 Å². The summed E-state index contributed by atoms with van der Waals surface area (Å²) in [5.41, 5.74) is 2.04. The molecule has 2 rings (SSSR count). The molecule has 0 atom stereocenters. The lowest BCUT2D eigenvalue weighted by atomic mass is 10.1. The Bertz CT molecular complexity index is 652. The van der Waals surface area contributed by atoms with E-state index in [1.54, 1.807) is 4.90 Å². The van der Waals surface area contributed by atoms with E-state index in [1.165, 1.54) is 0 Å². The van der Waals surface area contributed by atoms with E-state index in [-0.39, 0.29) is 12.1 Å². The van der Waals surface area contributed by atoms with Crippen molar-refractivity contribution in [2.24, 2.45) is 0 Å².